The molecule has 15 heavy (non-hydrogen) atoms. The fourth-order valence-electron chi connectivity index (χ4n) is 1.62. The molecule has 2 unspecified atom stereocenters. The van der Waals surface area contributed by atoms with Crippen LogP contribution in [0.3, 0.4) is 0 Å². The lowest BCUT2D eigenvalue weighted by Gasteiger charge is -2.28. The van der Waals surface area contributed by atoms with E-state index in [9.17, 15) is 9.50 Å². The minimum Gasteiger partial charge on any atom is -0.384 e. The Kier molecular flexibility index (Phi) is 3.43. The summed E-state index contributed by atoms with van der Waals surface area (Å²) in [4.78, 5) is 0. The van der Waals surface area contributed by atoms with Gasteiger partial charge in [0.15, 0.2) is 0 Å². The first-order chi connectivity index (χ1) is 7.02. The summed E-state index contributed by atoms with van der Waals surface area (Å²) >= 11 is 0. The summed E-state index contributed by atoms with van der Waals surface area (Å²) in [6.07, 6.45) is 0.528. The molecule has 2 nitrogen and oxygen atoms in total. The molecule has 0 heterocycles. The van der Waals surface area contributed by atoms with Gasteiger partial charge in [0, 0.05) is 0 Å². The number of hydrogen-bond donors (Lipinski definition) is 1. The van der Waals surface area contributed by atoms with Gasteiger partial charge in [0.1, 0.15) is 11.4 Å². The van der Waals surface area contributed by atoms with Crippen LogP contribution >= 0.6 is 0 Å². The Balaban J connectivity index is 3.10. The molecule has 0 aliphatic rings. The van der Waals surface area contributed by atoms with Gasteiger partial charge in [0.25, 0.3) is 0 Å². The number of halogens is 1. The molecule has 1 N–H and O–H groups in total. The van der Waals surface area contributed by atoms with E-state index in [4.69, 9.17) is 5.26 Å². The van der Waals surface area contributed by atoms with Crippen LogP contribution in [0.1, 0.15) is 25.8 Å². The lowest BCUT2D eigenvalue weighted by molar-refractivity contribution is 0.0148. The fourth-order valence-corrected chi connectivity index (χ4v) is 1.62. The molecule has 0 saturated heterocycles. The zero-order valence-electron chi connectivity index (χ0n) is 8.87. The van der Waals surface area contributed by atoms with Crippen LogP contribution in [0.4, 0.5) is 4.39 Å². The number of nitriles is 1. The van der Waals surface area contributed by atoms with E-state index in [1.807, 2.05) is 13.0 Å². The summed E-state index contributed by atoms with van der Waals surface area (Å²) in [5.41, 5.74) is -0.859. The van der Waals surface area contributed by atoms with Crippen LogP contribution in [-0.2, 0) is 5.60 Å². The molecule has 2 atom stereocenters. The standard InChI is InChI=1S/C12H14FNO/c1-3-9(8-14)12(2,15)10-5-4-6-11(13)7-10/h4-7,9,15H,3H2,1-2H3. The molecular formula is C12H14FNO. The first kappa shape index (κ1) is 11.7. The Morgan fingerprint density at radius 1 is 1.60 bits per heavy atom. The second kappa shape index (κ2) is 4.41. The normalized spacial score (nSPS) is 16.5. The second-order valence-electron chi connectivity index (χ2n) is 3.75. The molecule has 0 amide bonds. The molecule has 0 aliphatic carbocycles. The van der Waals surface area contributed by atoms with Gasteiger partial charge in [-0.3, -0.25) is 0 Å². The fraction of sp³-hybridized carbons (Fsp3) is 0.417. The average molecular weight is 207 g/mol. The highest BCUT2D eigenvalue weighted by Crippen LogP contribution is 2.31. The predicted octanol–water partition coefficient (Wildman–Crippen LogP) is 2.58. The summed E-state index contributed by atoms with van der Waals surface area (Å²) in [5, 5.41) is 19.1. The average Bonchev–Trinajstić information content (AvgIpc) is 2.19. The van der Waals surface area contributed by atoms with Gasteiger partial charge in [-0.25, -0.2) is 4.39 Å². The van der Waals surface area contributed by atoms with E-state index in [1.54, 1.807) is 13.0 Å². The van der Waals surface area contributed by atoms with Crippen LogP contribution in [0.2, 0.25) is 0 Å². The molecule has 0 aliphatic heterocycles. The van der Waals surface area contributed by atoms with Gasteiger partial charge in [0.05, 0.1) is 12.0 Å². The largest absolute Gasteiger partial charge is 0.384 e. The van der Waals surface area contributed by atoms with Crippen molar-refractivity contribution >= 4 is 0 Å². The molecule has 0 bridgehead atoms. The summed E-state index contributed by atoms with van der Waals surface area (Å²) < 4.78 is 13.0. The highest BCUT2D eigenvalue weighted by molar-refractivity contribution is 5.25. The number of hydrogen-bond acceptors (Lipinski definition) is 2. The van der Waals surface area contributed by atoms with Crippen LogP contribution in [0.25, 0.3) is 0 Å². The van der Waals surface area contributed by atoms with E-state index in [1.165, 1.54) is 18.2 Å². The van der Waals surface area contributed by atoms with E-state index in [0.717, 1.165) is 0 Å². The van der Waals surface area contributed by atoms with E-state index < -0.39 is 17.3 Å². The number of aliphatic hydroxyl groups is 1. The maximum Gasteiger partial charge on any atom is 0.123 e. The molecule has 0 radical (unpaired) electrons. The van der Waals surface area contributed by atoms with Crippen molar-refractivity contribution in [1.29, 1.82) is 5.26 Å². The zero-order valence-corrected chi connectivity index (χ0v) is 8.87. The van der Waals surface area contributed by atoms with Gasteiger partial charge in [-0.15, -0.1) is 0 Å². The highest BCUT2D eigenvalue weighted by Gasteiger charge is 2.32. The van der Waals surface area contributed by atoms with Crippen molar-refractivity contribution in [2.24, 2.45) is 5.92 Å². The zero-order chi connectivity index (χ0) is 11.5. The third-order valence-corrected chi connectivity index (χ3v) is 2.65. The molecule has 1 aromatic rings. The van der Waals surface area contributed by atoms with Gasteiger partial charge in [-0.1, -0.05) is 19.1 Å². The number of rotatable bonds is 3. The SMILES string of the molecule is CCC(C#N)C(C)(O)c1cccc(F)c1. The van der Waals surface area contributed by atoms with Crippen LogP contribution in [0.5, 0.6) is 0 Å². The van der Waals surface area contributed by atoms with Crippen molar-refractivity contribution in [2.45, 2.75) is 25.9 Å². The first-order valence-electron chi connectivity index (χ1n) is 4.90. The first-order valence-corrected chi connectivity index (χ1v) is 4.90. The lowest BCUT2D eigenvalue weighted by atomic mass is 9.82. The van der Waals surface area contributed by atoms with Crippen molar-refractivity contribution in [3.63, 3.8) is 0 Å². The molecule has 0 fully saturated rings. The lowest BCUT2D eigenvalue weighted by Crippen LogP contribution is -2.30. The molecule has 0 saturated carbocycles. The molecule has 80 valence electrons. The monoisotopic (exact) mass is 207 g/mol. The topological polar surface area (TPSA) is 44.0 Å². The van der Waals surface area contributed by atoms with E-state index in [-0.39, 0.29) is 0 Å². The van der Waals surface area contributed by atoms with Crippen LogP contribution in [-0.4, -0.2) is 5.11 Å². The predicted molar refractivity (Wildman–Crippen MR) is 55.4 cm³/mol. The molecule has 0 spiro atoms. The molecular weight excluding hydrogens is 193 g/mol. The number of nitrogens with zero attached hydrogens (tertiary/aromatic N) is 1. The maximum atomic E-state index is 13.0. The maximum absolute atomic E-state index is 13.0. The Morgan fingerprint density at radius 2 is 2.27 bits per heavy atom. The quantitative estimate of drug-likeness (QED) is 0.827. The van der Waals surface area contributed by atoms with Gasteiger partial charge in [-0.05, 0) is 31.0 Å². The van der Waals surface area contributed by atoms with Crippen molar-refractivity contribution in [3.05, 3.63) is 35.6 Å². The van der Waals surface area contributed by atoms with E-state index in [0.29, 0.717) is 12.0 Å². The van der Waals surface area contributed by atoms with Gasteiger partial charge in [-0.2, -0.15) is 5.26 Å². The summed E-state index contributed by atoms with van der Waals surface area (Å²) in [7, 11) is 0. The minimum absolute atomic E-state index is 0.402. The Morgan fingerprint density at radius 3 is 2.73 bits per heavy atom. The molecule has 1 rings (SSSR count). The van der Waals surface area contributed by atoms with Crippen molar-refractivity contribution < 1.29 is 9.50 Å². The highest BCUT2D eigenvalue weighted by atomic mass is 19.1. The summed E-state index contributed by atoms with van der Waals surface area (Å²) in [5.74, 6) is -0.931. The molecule has 0 aromatic heterocycles. The smallest absolute Gasteiger partial charge is 0.123 e. The van der Waals surface area contributed by atoms with E-state index in [2.05, 4.69) is 0 Å². The minimum atomic E-state index is -1.30. The van der Waals surface area contributed by atoms with Crippen LogP contribution < -0.4 is 0 Å². The molecule has 1 aromatic carbocycles. The summed E-state index contributed by atoms with van der Waals surface area (Å²) in [6.45, 7) is 3.36. The van der Waals surface area contributed by atoms with Crippen molar-refractivity contribution in [3.8, 4) is 6.07 Å². The van der Waals surface area contributed by atoms with Gasteiger partial charge < -0.3 is 5.11 Å². The van der Waals surface area contributed by atoms with Gasteiger partial charge >= 0.3 is 0 Å². The van der Waals surface area contributed by atoms with Crippen molar-refractivity contribution in [1.82, 2.24) is 0 Å². The Bertz CT molecular complexity index is 381. The van der Waals surface area contributed by atoms with Crippen LogP contribution in [0, 0.1) is 23.1 Å². The second-order valence-corrected chi connectivity index (χ2v) is 3.75. The van der Waals surface area contributed by atoms with Gasteiger partial charge in [0.2, 0.25) is 0 Å². The third kappa shape index (κ3) is 2.34. The number of benzene rings is 1. The van der Waals surface area contributed by atoms with Crippen LogP contribution in [0.15, 0.2) is 24.3 Å². The third-order valence-electron chi connectivity index (χ3n) is 2.65. The van der Waals surface area contributed by atoms with Crippen molar-refractivity contribution in [2.75, 3.05) is 0 Å². The Labute approximate surface area is 89.0 Å². The Hall–Kier alpha value is -1.40. The molecule has 3 heteroatoms. The van der Waals surface area contributed by atoms with E-state index >= 15 is 0 Å². The summed E-state index contributed by atoms with van der Waals surface area (Å²) in [6, 6.07) is 7.77.